The summed E-state index contributed by atoms with van der Waals surface area (Å²) in [5.74, 6) is 0.731. The van der Waals surface area contributed by atoms with Gasteiger partial charge in [-0.05, 0) is 55.5 Å². The van der Waals surface area contributed by atoms with Crippen molar-refractivity contribution < 1.29 is 8.42 Å². The Morgan fingerprint density at radius 2 is 1.76 bits per heavy atom. The molecule has 0 unspecified atom stereocenters. The van der Waals surface area contributed by atoms with E-state index in [1.54, 1.807) is 12.1 Å². The molecule has 0 aromatic heterocycles. The maximum Gasteiger partial charge on any atom is 0.240 e. The molecule has 1 aliphatic rings. The SMILES string of the molecule is Cc1ccc(S(=O)(=O)NCc2ccc(N3CCC[C@H](C)C3)cc2)cc1. The number of hydrogen-bond acceptors (Lipinski definition) is 3. The third kappa shape index (κ3) is 4.61. The van der Waals surface area contributed by atoms with Crippen LogP contribution < -0.4 is 9.62 Å². The molecule has 1 heterocycles. The molecule has 1 fully saturated rings. The van der Waals surface area contributed by atoms with Crippen molar-refractivity contribution in [2.75, 3.05) is 18.0 Å². The molecule has 0 radical (unpaired) electrons. The van der Waals surface area contributed by atoms with Gasteiger partial charge >= 0.3 is 0 Å². The molecule has 134 valence electrons. The van der Waals surface area contributed by atoms with Gasteiger partial charge in [-0.2, -0.15) is 0 Å². The summed E-state index contributed by atoms with van der Waals surface area (Å²) in [6, 6.07) is 15.1. The number of aryl methyl sites for hydroxylation is 1. The lowest BCUT2D eigenvalue weighted by Crippen LogP contribution is -2.34. The second-order valence-corrected chi connectivity index (χ2v) is 8.76. The van der Waals surface area contributed by atoms with Crippen molar-refractivity contribution in [2.45, 2.75) is 38.1 Å². The monoisotopic (exact) mass is 358 g/mol. The Balaban J connectivity index is 1.62. The average Bonchev–Trinajstić information content (AvgIpc) is 2.61. The molecule has 0 amide bonds. The van der Waals surface area contributed by atoms with E-state index in [0.717, 1.165) is 30.1 Å². The van der Waals surface area contributed by atoms with Crippen molar-refractivity contribution in [3.8, 4) is 0 Å². The minimum Gasteiger partial charge on any atom is -0.371 e. The fourth-order valence-corrected chi connectivity index (χ4v) is 4.25. The van der Waals surface area contributed by atoms with E-state index in [1.807, 2.05) is 31.2 Å². The predicted octanol–water partition coefficient (Wildman–Crippen LogP) is 3.71. The van der Waals surface area contributed by atoms with Crippen molar-refractivity contribution in [3.05, 3.63) is 59.7 Å². The summed E-state index contributed by atoms with van der Waals surface area (Å²) in [6.45, 7) is 6.73. The second-order valence-electron chi connectivity index (χ2n) is 7.00. The third-order valence-corrected chi connectivity index (χ3v) is 6.17. The molecule has 1 N–H and O–H groups in total. The molecule has 2 aromatic rings. The van der Waals surface area contributed by atoms with Gasteiger partial charge in [0, 0.05) is 25.3 Å². The number of sulfonamides is 1. The number of benzene rings is 2. The molecule has 4 nitrogen and oxygen atoms in total. The lowest BCUT2D eigenvalue weighted by molar-refractivity contribution is 0.447. The van der Waals surface area contributed by atoms with Crippen LogP contribution in [0.2, 0.25) is 0 Å². The maximum absolute atomic E-state index is 12.3. The highest BCUT2D eigenvalue weighted by Crippen LogP contribution is 2.23. The van der Waals surface area contributed by atoms with Crippen LogP contribution in [0.3, 0.4) is 0 Å². The van der Waals surface area contributed by atoms with E-state index >= 15 is 0 Å². The van der Waals surface area contributed by atoms with E-state index in [2.05, 4.69) is 28.7 Å². The van der Waals surface area contributed by atoms with Crippen molar-refractivity contribution in [2.24, 2.45) is 5.92 Å². The first kappa shape index (κ1) is 18.0. The zero-order valence-electron chi connectivity index (χ0n) is 14.9. The van der Waals surface area contributed by atoms with Crippen LogP contribution in [0.4, 0.5) is 5.69 Å². The second kappa shape index (κ2) is 7.58. The van der Waals surface area contributed by atoms with Crippen LogP contribution in [-0.2, 0) is 16.6 Å². The van der Waals surface area contributed by atoms with Gasteiger partial charge in [0.15, 0.2) is 0 Å². The molecule has 2 aromatic carbocycles. The fraction of sp³-hybridized carbons (Fsp3) is 0.400. The standard InChI is InChI=1S/C20H26N2O2S/c1-16-5-11-20(12-6-16)25(23,24)21-14-18-7-9-19(10-8-18)22-13-3-4-17(2)15-22/h5-12,17,21H,3-4,13-15H2,1-2H3/t17-/m0/s1. The smallest absolute Gasteiger partial charge is 0.240 e. The Morgan fingerprint density at radius 3 is 2.40 bits per heavy atom. The highest BCUT2D eigenvalue weighted by Gasteiger charge is 2.17. The Morgan fingerprint density at radius 1 is 1.08 bits per heavy atom. The average molecular weight is 359 g/mol. The molecule has 1 atom stereocenters. The minimum absolute atomic E-state index is 0.299. The Hall–Kier alpha value is -1.85. The van der Waals surface area contributed by atoms with E-state index in [4.69, 9.17) is 0 Å². The Labute approximate surface area is 150 Å². The number of rotatable bonds is 5. The lowest BCUT2D eigenvalue weighted by Gasteiger charge is -2.32. The van der Waals surface area contributed by atoms with E-state index in [-0.39, 0.29) is 0 Å². The maximum atomic E-state index is 12.3. The fourth-order valence-electron chi connectivity index (χ4n) is 3.23. The van der Waals surface area contributed by atoms with Gasteiger partial charge in [0.1, 0.15) is 0 Å². The highest BCUT2D eigenvalue weighted by molar-refractivity contribution is 7.89. The zero-order valence-corrected chi connectivity index (χ0v) is 15.7. The van der Waals surface area contributed by atoms with Crippen LogP contribution >= 0.6 is 0 Å². The number of anilines is 1. The number of nitrogens with zero attached hydrogens (tertiary/aromatic N) is 1. The first-order valence-corrected chi connectivity index (χ1v) is 10.3. The molecule has 0 aliphatic carbocycles. The number of nitrogens with one attached hydrogen (secondary N) is 1. The van der Waals surface area contributed by atoms with Crippen molar-refractivity contribution in [3.63, 3.8) is 0 Å². The molecule has 1 saturated heterocycles. The van der Waals surface area contributed by atoms with Crippen LogP contribution in [0, 0.1) is 12.8 Å². The van der Waals surface area contributed by atoms with Gasteiger partial charge in [-0.15, -0.1) is 0 Å². The van der Waals surface area contributed by atoms with Crippen LogP contribution in [0.5, 0.6) is 0 Å². The third-order valence-electron chi connectivity index (χ3n) is 4.76. The van der Waals surface area contributed by atoms with Gasteiger partial charge in [-0.1, -0.05) is 36.8 Å². The molecule has 0 spiro atoms. The van der Waals surface area contributed by atoms with Crippen molar-refractivity contribution in [1.82, 2.24) is 4.72 Å². The zero-order chi connectivity index (χ0) is 17.9. The Bertz CT molecular complexity index is 799. The van der Waals surface area contributed by atoms with Gasteiger partial charge in [0.2, 0.25) is 10.0 Å². The van der Waals surface area contributed by atoms with E-state index in [9.17, 15) is 8.42 Å². The van der Waals surface area contributed by atoms with Crippen molar-refractivity contribution in [1.29, 1.82) is 0 Å². The summed E-state index contributed by atoms with van der Waals surface area (Å²) in [5, 5.41) is 0. The summed E-state index contributed by atoms with van der Waals surface area (Å²) in [5.41, 5.74) is 3.22. The molecule has 0 bridgehead atoms. The molecular weight excluding hydrogens is 332 g/mol. The predicted molar refractivity (Wildman–Crippen MR) is 102 cm³/mol. The number of piperidine rings is 1. The van der Waals surface area contributed by atoms with Crippen LogP contribution in [0.1, 0.15) is 30.9 Å². The number of hydrogen-bond donors (Lipinski definition) is 1. The lowest BCUT2D eigenvalue weighted by atomic mass is 9.99. The minimum atomic E-state index is -3.47. The van der Waals surface area contributed by atoms with Crippen LogP contribution in [0.15, 0.2) is 53.4 Å². The molecule has 1 aliphatic heterocycles. The molecule has 25 heavy (non-hydrogen) atoms. The van der Waals surface area contributed by atoms with Gasteiger partial charge in [-0.25, -0.2) is 13.1 Å². The normalized spacial score (nSPS) is 18.3. The highest BCUT2D eigenvalue weighted by atomic mass is 32.2. The summed E-state index contributed by atoms with van der Waals surface area (Å²) >= 11 is 0. The Kier molecular flexibility index (Phi) is 5.45. The van der Waals surface area contributed by atoms with E-state index in [0.29, 0.717) is 11.4 Å². The topological polar surface area (TPSA) is 49.4 Å². The first-order valence-electron chi connectivity index (χ1n) is 8.84. The molecule has 0 saturated carbocycles. The quantitative estimate of drug-likeness (QED) is 0.886. The molecular formula is C20H26N2O2S. The summed E-state index contributed by atoms with van der Waals surface area (Å²) in [7, 11) is -3.47. The van der Waals surface area contributed by atoms with E-state index < -0.39 is 10.0 Å². The molecule has 3 rings (SSSR count). The van der Waals surface area contributed by atoms with Gasteiger partial charge in [0.05, 0.1) is 4.90 Å². The van der Waals surface area contributed by atoms with Gasteiger partial charge < -0.3 is 4.90 Å². The van der Waals surface area contributed by atoms with Crippen molar-refractivity contribution >= 4 is 15.7 Å². The summed E-state index contributed by atoms with van der Waals surface area (Å²) in [4.78, 5) is 2.71. The largest absolute Gasteiger partial charge is 0.371 e. The van der Waals surface area contributed by atoms with Crippen LogP contribution in [0.25, 0.3) is 0 Å². The summed E-state index contributed by atoms with van der Waals surface area (Å²) < 4.78 is 27.4. The van der Waals surface area contributed by atoms with E-state index in [1.165, 1.54) is 18.5 Å². The molecule has 5 heteroatoms. The first-order chi connectivity index (χ1) is 11.9. The van der Waals surface area contributed by atoms with Gasteiger partial charge in [0.25, 0.3) is 0 Å². The summed E-state index contributed by atoms with van der Waals surface area (Å²) in [6.07, 6.45) is 2.54. The van der Waals surface area contributed by atoms with Crippen LogP contribution in [-0.4, -0.2) is 21.5 Å². The van der Waals surface area contributed by atoms with Gasteiger partial charge in [-0.3, -0.25) is 0 Å².